The van der Waals surface area contributed by atoms with Gasteiger partial charge in [-0.3, -0.25) is 4.79 Å². The number of carbonyl (C=O) groups is 1. The highest BCUT2D eigenvalue weighted by atomic mass is 16.5. The van der Waals surface area contributed by atoms with Gasteiger partial charge in [0.1, 0.15) is 5.75 Å². The van der Waals surface area contributed by atoms with Crippen molar-refractivity contribution in [3.8, 4) is 5.75 Å². The van der Waals surface area contributed by atoms with Crippen LogP contribution in [0, 0.1) is 5.92 Å². The maximum Gasteiger partial charge on any atom is 0.271 e. The maximum absolute atomic E-state index is 13.0. The summed E-state index contributed by atoms with van der Waals surface area (Å²) in [4.78, 5) is 14.9. The van der Waals surface area contributed by atoms with Gasteiger partial charge in [-0.15, -0.1) is 0 Å². The van der Waals surface area contributed by atoms with Crippen LogP contribution in [0.15, 0.2) is 24.3 Å². The molecule has 0 bridgehead atoms. The van der Waals surface area contributed by atoms with E-state index in [1.54, 1.807) is 7.11 Å². The van der Waals surface area contributed by atoms with E-state index in [0.29, 0.717) is 6.54 Å². The lowest BCUT2D eigenvalue weighted by atomic mass is 9.89. The van der Waals surface area contributed by atoms with Gasteiger partial charge in [0.2, 0.25) is 5.72 Å². The van der Waals surface area contributed by atoms with Crippen molar-refractivity contribution in [1.29, 1.82) is 0 Å². The maximum atomic E-state index is 13.0. The molecule has 25 heavy (non-hydrogen) atoms. The molecule has 3 fully saturated rings. The Morgan fingerprint density at radius 3 is 2.52 bits per heavy atom. The van der Waals surface area contributed by atoms with Crippen LogP contribution in [-0.2, 0) is 4.79 Å². The molecule has 6 nitrogen and oxygen atoms in total. The molecule has 2 N–H and O–H groups in total. The number of hydrazine groups is 1. The first-order valence-corrected chi connectivity index (χ1v) is 9.22. The molecule has 3 unspecified atom stereocenters. The van der Waals surface area contributed by atoms with Crippen molar-refractivity contribution in [3.63, 3.8) is 0 Å². The minimum Gasteiger partial charge on any atom is -0.497 e. The number of nitrogens with one attached hydrogen (secondary N) is 1. The monoisotopic (exact) mass is 345 g/mol. The lowest BCUT2D eigenvalue weighted by molar-refractivity contribution is -0.151. The Kier molecular flexibility index (Phi) is 4.22. The second-order valence-corrected chi connectivity index (χ2v) is 7.56. The largest absolute Gasteiger partial charge is 0.497 e. The number of hydrogen-bond donors (Lipinski definition) is 2. The molecule has 1 aliphatic carbocycles. The number of hydrogen-bond acceptors (Lipinski definition) is 5. The van der Waals surface area contributed by atoms with Crippen molar-refractivity contribution >= 4 is 5.91 Å². The number of aliphatic hydroxyl groups is 1. The molecular weight excluding hydrogens is 318 g/mol. The van der Waals surface area contributed by atoms with Crippen molar-refractivity contribution in [2.24, 2.45) is 5.92 Å². The molecule has 0 radical (unpaired) electrons. The number of ether oxygens (including phenoxy) is 1. The number of likely N-dealkylation sites (tertiary alicyclic amines) is 1. The van der Waals surface area contributed by atoms with Crippen molar-refractivity contribution in [1.82, 2.24) is 15.3 Å². The number of rotatable bonds is 3. The van der Waals surface area contributed by atoms with Gasteiger partial charge in [-0.2, -0.15) is 0 Å². The molecule has 0 spiro atoms. The molecule has 2 heterocycles. The number of fused-ring (bicyclic) bond motifs is 1. The Balaban J connectivity index is 1.61. The fraction of sp³-hybridized carbons (Fsp3) is 0.632. The predicted octanol–water partition coefficient (Wildman–Crippen LogP) is 1.67. The Morgan fingerprint density at radius 1 is 1.20 bits per heavy atom. The molecule has 1 aromatic carbocycles. The van der Waals surface area contributed by atoms with Gasteiger partial charge in [-0.1, -0.05) is 31.4 Å². The molecule has 1 aromatic rings. The lowest BCUT2D eigenvalue weighted by Gasteiger charge is -2.33. The molecule has 3 atom stereocenters. The fourth-order valence-electron chi connectivity index (χ4n) is 4.84. The zero-order valence-corrected chi connectivity index (χ0v) is 14.9. The van der Waals surface area contributed by atoms with E-state index in [1.165, 1.54) is 19.3 Å². The molecule has 2 aliphatic heterocycles. The Labute approximate surface area is 148 Å². The van der Waals surface area contributed by atoms with Crippen LogP contribution in [0.2, 0.25) is 0 Å². The van der Waals surface area contributed by atoms with Crippen molar-refractivity contribution in [3.05, 3.63) is 29.8 Å². The van der Waals surface area contributed by atoms with E-state index in [9.17, 15) is 9.90 Å². The third kappa shape index (κ3) is 2.63. The highest BCUT2D eigenvalue weighted by molar-refractivity contribution is 5.88. The molecule has 6 heteroatoms. The molecule has 2 saturated heterocycles. The van der Waals surface area contributed by atoms with E-state index in [1.807, 2.05) is 41.2 Å². The first-order chi connectivity index (χ1) is 12.0. The van der Waals surface area contributed by atoms with Gasteiger partial charge in [0.15, 0.2) is 0 Å². The summed E-state index contributed by atoms with van der Waals surface area (Å²) in [5, 5.41) is 13.0. The summed E-state index contributed by atoms with van der Waals surface area (Å²) >= 11 is 0. The van der Waals surface area contributed by atoms with Crippen molar-refractivity contribution < 1.29 is 14.6 Å². The average Bonchev–Trinajstić information content (AvgIpc) is 3.04. The number of benzene rings is 1. The van der Waals surface area contributed by atoms with Gasteiger partial charge in [-0.25, -0.2) is 10.4 Å². The predicted molar refractivity (Wildman–Crippen MR) is 93.7 cm³/mol. The van der Waals surface area contributed by atoms with Crippen LogP contribution in [0.3, 0.4) is 0 Å². The second-order valence-electron chi connectivity index (χ2n) is 7.56. The Bertz CT molecular complexity index is 644. The summed E-state index contributed by atoms with van der Waals surface area (Å²) in [5.74, 6) is 0.464. The summed E-state index contributed by atoms with van der Waals surface area (Å²) in [6.45, 7) is 0.605. The van der Waals surface area contributed by atoms with Gasteiger partial charge in [-0.05, 0) is 30.5 Å². The van der Waals surface area contributed by atoms with Crippen LogP contribution in [0.1, 0.15) is 43.7 Å². The molecule has 3 aliphatic rings. The quantitative estimate of drug-likeness (QED) is 0.872. The SMILES string of the molecule is COc1ccc(C2C3CN(C4CCCCC4)C(=O)C3(O)NN2C)cc1. The van der Waals surface area contributed by atoms with Gasteiger partial charge < -0.3 is 14.7 Å². The van der Waals surface area contributed by atoms with Crippen LogP contribution in [0.5, 0.6) is 5.75 Å². The first kappa shape index (κ1) is 16.8. The molecular formula is C19H27N3O3. The van der Waals surface area contributed by atoms with E-state index in [2.05, 4.69) is 5.43 Å². The van der Waals surface area contributed by atoms with Gasteiger partial charge in [0.05, 0.1) is 19.1 Å². The van der Waals surface area contributed by atoms with Crippen LogP contribution in [0.25, 0.3) is 0 Å². The van der Waals surface area contributed by atoms with Gasteiger partial charge in [0.25, 0.3) is 5.91 Å². The smallest absolute Gasteiger partial charge is 0.271 e. The highest BCUT2D eigenvalue weighted by Gasteiger charge is 2.62. The molecule has 0 aromatic heterocycles. The van der Waals surface area contributed by atoms with E-state index >= 15 is 0 Å². The van der Waals surface area contributed by atoms with E-state index in [4.69, 9.17) is 4.74 Å². The van der Waals surface area contributed by atoms with Crippen LogP contribution in [0.4, 0.5) is 0 Å². The Morgan fingerprint density at radius 2 is 1.88 bits per heavy atom. The standard InChI is InChI=1S/C19H27N3O3/c1-21-17(13-8-10-15(25-2)11-9-13)16-12-22(14-6-4-3-5-7-14)18(23)19(16,24)20-21/h8-11,14,16-17,20,24H,3-7,12H2,1-2H3. The van der Waals surface area contributed by atoms with Crippen molar-refractivity contribution in [2.45, 2.75) is 49.9 Å². The lowest BCUT2D eigenvalue weighted by Crippen LogP contribution is -2.54. The van der Waals surface area contributed by atoms with E-state index in [-0.39, 0.29) is 23.9 Å². The second kappa shape index (κ2) is 6.27. The topological polar surface area (TPSA) is 65.0 Å². The molecule has 4 rings (SSSR count). The summed E-state index contributed by atoms with van der Waals surface area (Å²) < 4.78 is 5.24. The normalized spacial score (nSPS) is 33.7. The first-order valence-electron chi connectivity index (χ1n) is 9.22. The van der Waals surface area contributed by atoms with E-state index in [0.717, 1.165) is 24.2 Å². The molecule has 1 amide bonds. The summed E-state index contributed by atoms with van der Waals surface area (Å²) in [6, 6.07) is 8.11. The fourth-order valence-corrected chi connectivity index (χ4v) is 4.84. The van der Waals surface area contributed by atoms with Crippen LogP contribution in [-0.4, -0.2) is 53.4 Å². The highest BCUT2D eigenvalue weighted by Crippen LogP contribution is 2.46. The third-order valence-electron chi connectivity index (χ3n) is 6.13. The zero-order valence-electron chi connectivity index (χ0n) is 14.9. The van der Waals surface area contributed by atoms with Crippen molar-refractivity contribution in [2.75, 3.05) is 20.7 Å². The minimum atomic E-state index is -1.49. The number of nitrogens with zero attached hydrogens (tertiary/aromatic N) is 2. The van der Waals surface area contributed by atoms with E-state index < -0.39 is 5.72 Å². The number of methoxy groups -OCH3 is 1. The molecule has 1 saturated carbocycles. The number of amides is 1. The summed E-state index contributed by atoms with van der Waals surface area (Å²) in [7, 11) is 3.54. The molecule has 136 valence electrons. The summed E-state index contributed by atoms with van der Waals surface area (Å²) in [5.41, 5.74) is 2.64. The average molecular weight is 345 g/mol. The van der Waals surface area contributed by atoms with Gasteiger partial charge >= 0.3 is 0 Å². The number of carbonyl (C=O) groups excluding carboxylic acids is 1. The van der Waals surface area contributed by atoms with Crippen LogP contribution >= 0.6 is 0 Å². The summed E-state index contributed by atoms with van der Waals surface area (Å²) in [6.07, 6.45) is 5.70. The minimum absolute atomic E-state index is 0.0477. The third-order valence-corrected chi connectivity index (χ3v) is 6.13. The van der Waals surface area contributed by atoms with Gasteiger partial charge in [0, 0.05) is 19.6 Å². The Hall–Kier alpha value is -1.63. The zero-order chi connectivity index (χ0) is 17.6. The van der Waals surface area contributed by atoms with Crippen LogP contribution < -0.4 is 10.2 Å².